The number of fused-ring (bicyclic) bond motifs is 1. The molecule has 2 aromatic heterocycles. The number of aromatic amines is 1. The topological polar surface area (TPSA) is 66.9 Å². The van der Waals surface area contributed by atoms with Crippen molar-refractivity contribution in [2.45, 2.75) is 24.8 Å². The molecule has 0 aromatic carbocycles. The predicted octanol–water partition coefficient (Wildman–Crippen LogP) is 1.11. The number of H-pyrrole nitrogens is 1. The summed E-state index contributed by atoms with van der Waals surface area (Å²) in [7, 11) is 0. The van der Waals surface area contributed by atoms with Crippen molar-refractivity contribution in [2.24, 2.45) is 0 Å². The molecule has 1 N–H and O–H groups in total. The summed E-state index contributed by atoms with van der Waals surface area (Å²) in [6.07, 6.45) is 6.85. The minimum Gasteiger partial charge on any atom is -0.381 e. The number of rotatable bonds is 1. The Kier molecular flexibility index (Phi) is 2.08. The van der Waals surface area contributed by atoms with Gasteiger partial charge >= 0.3 is 0 Å². The number of hydrogen-bond donors (Lipinski definition) is 1. The molecule has 2 fully saturated rings. The van der Waals surface area contributed by atoms with E-state index in [-0.39, 0.29) is 5.54 Å². The average molecular weight is 245 g/mol. The normalized spacial score (nSPS) is 22.3. The maximum absolute atomic E-state index is 5.46. The molecule has 0 atom stereocenters. The van der Waals surface area contributed by atoms with Gasteiger partial charge in [-0.05, 0) is 19.3 Å². The van der Waals surface area contributed by atoms with Crippen molar-refractivity contribution in [2.75, 3.05) is 24.7 Å². The molecule has 0 radical (unpaired) electrons. The van der Waals surface area contributed by atoms with Gasteiger partial charge in [-0.25, -0.2) is 9.97 Å². The lowest BCUT2D eigenvalue weighted by Crippen LogP contribution is -2.63. The molecule has 4 rings (SSSR count). The van der Waals surface area contributed by atoms with E-state index in [4.69, 9.17) is 4.74 Å². The Morgan fingerprint density at radius 2 is 2.11 bits per heavy atom. The van der Waals surface area contributed by atoms with Gasteiger partial charge < -0.3 is 14.6 Å². The van der Waals surface area contributed by atoms with Gasteiger partial charge in [-0.15, -0.1) is 0 Å². The number of anilines is 1. The van der Waals surface area contributed by atoms with E-state index in [2.05, 4.69) is 24.8 Å². The van der Waals surface area contributed by atoms with E-state index in [0.29, 0.717) is 0 Å². The van der Waals surface area contributed by atoms with Crippen LogP contribution in [0.3, 0.4) is 0 Å². The second-order valence-corrected chi connectivity index (χ2v) is 5.05. The fraction of sp³-hybridized carbons (Fsp3) is 0.583. The van der Waals surface area contributed by atoms with Crippen molar-refractivity contribution in [1.29, 1.82) is 0 Å². The lowest BCUT2D eigenvalue weighted by molar-refractivity contribution is 0.0280. The summed E-state index contributed by atoms with van der Waals surface area (Å²) in [5.41, 5.74) is 1.87. The van der Waals surface area contributed by atoms with Crippen molar-refractivity contribution in [1.82, 2.24) is 19.9 Å². The molecule has 18 heavy (non-hydrogen) atoms. The number of nitrogens with zero attached hydrogens (tertiary/aromatic N) is 4. The molecule has 0 amide bonds. The summed E-state index contributed by atoms with van der Waals surface area (Å²) in [6, 6.07) is 0. The molecule has 0 saturated carbocycles. The van der Waals surface area contributed by atoms with Crippen LogP contribution in [0.15, 0.2) is 12.5 Å². The number of ether oxygens (including phenoxy) is 1. The summed E-state index contributed by atoms with van der Waals surface area (Å²) < 4.78 is 5.46. The highest BCUT2D eigenvalue weighted by Gasteiger charge is 2.46. The van der Waals surface area contributed by atoms with Gasteiger partial charge in [-0.2, -0.15) is 4.98 Å². The molecular formula is C12H15N5O. The van der Waals surface area contributed by atoms with Gasteiger partial charge in [0.1, 0.15) is 5.52 Å². The van der Waals surface area contributed by atoms with Gasteiger partial charge in [0.15, 0.2) is 5.65 Å². The van der Waals surface area contributed by atoms with Crippen molar-refractivity contribution in [3.8, 4) is 0 Å². The van der Waals surface area contributed by atoms with Crippen LogP contribution in [0, 0.1) is 0 Å². The molecule has 2 aliphatic rings. The first kappa shape index (κ1) is 10.3. The second-order valence-electron chi connectivity index (χ2n) is 5.05. The van der Waals surface area contributed by atoms with Crippen LogP contribution in [-0.2, 0) is 4.74 Å². The van der Waals surface area contributed by atoms with Gasteiger partial charge in [-0.3, -0.25) is 0 Å². The van der Waals surface area contributed by atoms with Crippen LogP contribution in [0.5, 0.6) is 0 Å². The fourth-order valence-corrected chi connectivity index (χ4v) is 2.98. The van der Waals surface area contributed by atoms with Crippen LogP contribution in [0.4, 0.5) is 5.95 Å². The molecule has 0 aliphatic carbocycles. The smallest absolute Gasteiger partial charge is 0.227 e. The third-order valence-corrected chi connectivity index (χ3v) is 4.20. The average Bonchev–Trinajstić information content (AvgIpc) is 2.86. The van der Waals surface area contributed by atoms with Crippen LogP contribution in [-0.4, -0.2) is 45.2 Å². The molecule has 0 unspecified atom stereocenters. The zero-order valence-electron chi connectivity index (χ0n) is 10.1. The van der Waals surface area contributed by atoms with Gasteiger partial charge in [0.2, 0.25) is 5.95 Å². The highest BCUT2D eigenvalue weighted by molar-refractivity contribution is 5.70. The van der Waals surface area contributed by atoms with E-state index in [0.717, 1.165) is 49.7 Å². The molecule has 2 aliphatic heterocycles. The zero-order valence-corrected chi connectivity index (χ0v) is 10.1. The zero-order chi connectivity index (χ0) is 12.0. The van der Waals surface area contributed by atoms with Crippen LogP contribution >= 0.6 is 0 Å². The summed E-state index contributed by atoms with van der Waals surface area (Å²) in [5.74, 6) is 0.808. The molecule has 4 heterocycles. The Balaban J connectivity index is 1.69. The minimum atomic E-state index is 0.238. The molecule has 2 saturated heterocycles. The van der Waals surface area contributed by atoms with E-state index in [9.17, 15) is 0 Å². The van der Waals surface area contributed by atoms with Crippen molar-refractivity contribution < 1.29 is 4.74 Å². The molecule has 94 valence electrons. The third-order valence-electron chi connectivity index (χ3n) is 4.20. The van der Waals surface area contributed by atoms with Crippen LogP contribution in [0.2, 0.25) is 0 Å². The first-order valence-corrected chi connectivity index (χ1v) is 6.39. The van der Waals surface area contributed by atoms with Crippen molar-refractivity contribution in [3.05, 3.63) is 12.5 Å². The monoisotopic (exact) mass is 245 g/mol. The summed E-state index contributed by atoms with van der Waals surface area (Å²) in [5, 5.41) is 0. The largest absolute Gasteiger partial charge is 0.381 e. The van der Waals surface area contributed by atoms with Crippen LogP contribution < -0.4 is 4.90 Å². The Hall–Kier alpha value is -1.69. The number of imidazole rings is 1. The van der Waals surface area contributed by atoms with E-state index < -0.39 is 0 Å². The summed E-state index contributed by atoms with van der Waals surface area (Å²) in [6.45, 7) is 2.73. The van der Waals surface area contributed by atoms with Crippen LogP contribution in [0.25, 0.3) is 11.2 Å². The summed E-state index contributed by atoms with van der Waals surface area (Å²) >= 11 is 0. The Labute approximate surface area is 104 Å². The van der Waals surface area contributed by atoms with Gasteiger partial charge in [0.25, 0.3) is 0 Å². The maximum Gasteiger partial charge on any atom is 0.227 e. The Morgan fingerprint density at radius 3 is 2.89 bits per heavy atom. The maximum atomic E-state index is 5.46. The second kappa shape index (κ2) is 3.65. The van der Waals surface area contributed by atoms with E-state index in [1.807, 2.05) is 6.20 Å². The van der Waals surface area contributed by atoms with Gasteiger partial charge in [0, 0.05) is 25.3 Å². The van der Waals surface area contributed by atoms with E-state index in [1.165, 1.54) is 6.42 Å². The van der Waals surface area contributed by atoms with Crippen molar-refractivity contribution in [3.63, 3.8) is 0 Å². The molecule has 6 nitrogen and oxygen atoms in total. The predicted molar refractivity (Wildman–Crippen MR) is 66.4 cm³/mol. The van der Waals surface area contributed by atoms with Crippen molar-refractivity contribution >= 4 is 17.1 Å². The number of hydrogen-bond acceptors (Lipinski definition) is 5. The SMILES string of the molecule is c1nc2nc(N3CCC34CCOCC4)ncc2[nH]1. The first-order chi connectivity index (χ1) is 8.87. The standard InChI is InChI=1S/C12H15N5O/c1-4-17(12(1)2-5-18-6-3-12)11-13-7-9-10(16-11)15-8-14-9/h7-8H,1-6H2,(H,13,14,15,16). The molecule has 1 spiro atoms. The number of aromatic nitrogens is 4. The Bertz CT molecular complexity index is 575. The van der Waals surface area contributed by atoms with Gasteiger partial charge in [-0.1, -0.05) is 0 Å². The number of nitrogens with one attached hydrogen (secondary N) is 1. The molecule has 0 bridgehead atoms. The fourth-order valence-electron chi connectivity index (χ4n) is 2.98. The summed E-state index contributed by atoms with van der Waals surface area (Å²) in [4.78, 5) is 18.5. The molecule has 2 aromatic rings. The molecule has 6 heteroatoms. The lowest BCUT2D eigenvalue weighted by atomic mass is 9.78. The molecular weight excluding hydrogens is 230 g/mol. The third kappa shape index (κ3) is 1.35. The highest BCUT2D eigenvalue weighted by atomic mass is 16.5. The Morgan fingerprint density at radius 1 is 1.22 bits per heavy atom. The first-order valence-electron chi connectivity index (χ1n) is 6.39. The van der Waals surface area contributed by atoms with Gasteiger partial charge in [0.05, 0.1) is 12.5 Å². The highest BCUT2D eigenvalue weighted by Crippen LogP contribution is 2.41. The van der Waals surface area contributed by atoms with Crippen LogP contribution in [0.1, 0.15) is 19.3 Å². The van der Waals surface area contributed by atoms with E-state index >= 15 is 0 Å². The minimum absolute atomic E-state index is 0.238. The van der Waals surface area contributed by atoms with E-state index in [1.54, 1.807) is 6.33 Å². The lowest BCUT2D eigenvalue weighted by Gasteiger charge is -2.54. The quantitative estimate of drug-likeness (QED) is 0.815.